The number of ether oxygens (including phenoxy) is 3. The standard InChI is InChI=1S/C19H25N3O6/c1-11-9-12(13-7-8-20-10-14(13)22(24)25)5-6-15(11)26-17-16(27-17)21-18(23)28-19(2,3)4/h5,7-8,10-11,15-17H,6,9H2,1-4H3,(H,21,23)/t11-,15-,16?,17?/m1/s1. The van der Waals surface area contributed by atoms with Crippen molar-refractivity contribution in [2.75, 3.05) is 0 Å². The number of alkyl carbamates (subject to hydrolysis) is 1. The number of rotatable bonds is 5. The molecule has 0 radical (unpaired) electrons. The Bertz CT molecular complexity index is 788. The van der Waals surface area contributed by atoms with Crippen molar-refractivity contribution in [3.05, 3.63) is 40.2 Å². The molecule has 152 valence electrons. The number of allylic oxidation sites excluding steroid dienone is 1. The lowest BCUT2D eigenvalue weighted by Gasteiger charge is -2.28. The van der Waals surface area contributed by atoms with Gasteiger partial charge in [0, 0.05) is 6.20 Å². The van der Waals surface area contributed by atoms with Crippen LogP contribution in [0, 0.1) is 16.0 Å². The van der Waals surface area contributed by atoms with Gasteiger partial charge in [-0.15, -0.1) is 0 Å². The second-order valence-corrected chi connectivity index (χ2v) is 8.04. The molecule has 2 aliphatic rings. The van der Waals surface area contributed by atoms with E-state index in [0.717, 1.165) is 5.57 Å². The summed E-state index contributed by atoms with van der Waals surface area (Å²) < 4.78 is 16.5. The van der Waals surface area contributed by atoms with E-state index in [4.69, 9.17) is 14.2 Å². The highest BCUT2D eigenvalue weighted by atomic mass is 16.8. The zero-order valence-corrected chi connectivity index (χ0v) is 16.4. The van der Waals surface area contributed by atoms with Crippen LogP contribution in [0.5, 0.6) is 0 Å². The summed E-state index contributed by atoms with van der Waals surface area (Å²) in [5.74, 6) is 0.138. The first-order valence-electron chi connectivity index (χ1n) is 9.22. The summed E-state index contributed by atoms with van der Waals surface area (Å²) in [6.07, 6.45) is 4.37. The monoisotopic (exact) mass is 391 g/mol. The smallest absolute Gasteiger partial charge is 0.409 e. The highest BCUT2D eigenvalue weighted by Gasteiger charge is 2.45. The van der Waals surface area contributed by atoms with E-state index in [0.29, 0.717) is 18.4 Å². The molecular weight excluding hydrogens is 366 g/mol. The zero-order valence-electron chi connectivity index (χ0n) is 16.4. The Kier molecular flexibility index (Phi) is 5.66. The van der Waals surface area contributed by atoms with Crippen LogP contribution >= 0.6 is 0 Å². The van der Waals surface area contributed by atoms with Gasteiger partial charge >= 0.3 is 6.09 Å². The quantitative estimate of drug-likeness (QED) is 0.464. The van der Waals surface area contributed by atoms with Crippen LogP contribution in [-0.4, -0.2) is 40.2 Å². The van der Waals surface area contributed by atoms with E-state index >= 15 is 0 Å². The molecule has 1 aliphatic carbocycles. The first kappa shape index (κ1) is 20.2. The molecule has 1 saturated heterocycles. The van der Waals surface area contributed by atoms with Crippen molar-refractivity contribution in [1.29, 1.82) is 0 Å². The van der Waals surface area contributed by atoms with Crippen molar-refractivity contribution in [1.82, 2.24) is 10.3 Å². The molecule has 2 unspecified atom stereocenters. The van der Waals surface area contributed by atoms with Gasteiger partial charge < -0.3 is 14.2 Å². The van der Waals surface area contributed by atoms with Gasteiger partial charge in [0.05, 0.1) is 16.6 Å². The third kappa shape index (κ3) is 5.05. The molecule has 0 saturated carbocycles. The SMILES string of the molecule is C[C@@H]1CC(c2ccncc2[N+](=O)[O-])=CC[C@H]1OC1OC1NC(=O)OC(C)(C)C. The minimum atomic E-state index is -0.579. The summed E-state index contributed by atoms with van der Waals surface area (Å²) in [5, 5.41) is 13.8. The van der Waals surface area contributed by atoms with Crippen LogP contribution in [0.3, 0.4) is 0 Å². The maximum atomic E-state index is 11.8. The number of nitrogens with one attached hydrogen (secondary N) is 1. The Hall–Kier alpha value is -2.52. The van der Waals surface area contributed by atoms with Crippen LogP contribution in [0.15, 0.2) is 24.5 Å². The molecule has 0 bridgehead atoms. The molecule has 1 N–H and O–H groups in total. The predicted molar refractivity (Wildman–Crippen MR) is 100 cm³/mol. The Morgan fingerprint density at radius 3 is 2.82 bits per heavy atom. The maximum Gasteiger partial charge on any atom is 0.409 e. The van der Waals surface area contributed by atoms with E-state index < -0.39 is 29.1 Å². The van der Waals surface area contributed by atoms with Crippen molar-refractivity contribution in [3.63, 3.8) is 0 Å². The topological polar surface area (TPSA) is 116 Å². The fourth-order valence-electron chi connectivity index (χ4n) is 3.17. The normalized spacial score (nSPS) is 26.9. The van der Waals surface area contributed by atoms with Gasteiger partial charge in [-0.25, -0.2) is 4.79 Å². The summed E-state index contributed by atoms with van der Waals surface area (Å²) in [7, 11) is 0. The Labute approximate surface area is 163 Å². The number of nitro groups is 1. The summed E-state index contributed by atoms with van der Waals surface area (Å²) >= 11 is 0. The fraction of sp³-hybridized carbons (Fsp3) is 0.579. The van der Waals surface area contributed by atoms with E-state index in [-0.39, 0.29) is 17.7 Å². The van der Waals surface area contributed by atoms with Crippen molar-refractivity contribution in [2.24, 2.45) is 5.92 Å². The first-order chi connectivity index (χ1) is 13.1. The molecule has 1 amide bonds. The van der Waals surface area contributed by atoms with Gasteiger partial charge in [-0.05, 0) is 51.2 Å². The van der Waals surface area contributed by atoms with Gasteiger partial charge in [-0.1, -0.05) is 13.0 Å². The molecule has 1 aromatic rings. The molecule has 0 aromatic carbocycles. The zero-order chi connectivity index (χ0) is 20.5. The van der Waals surface area contributed by atoms with Gasteiger partial charge in [0.25, 0.3) is 5.69 Å². The number of pyridine rings is 1. The molecule has 3 rings (SSSR count). The largest absolute Gasteiger partial charge is 0.444 e. The van der Waals surface area contributed by atoms with E-state index in [1.54, 1.807) is 33.0 Å². The molecule has 4 atom stereocenters. The molecule has 2 heterocycles. The van der Waals surface area contributed by atoms with Gasteiger partial charge in [0.1, 0.15) is 11.8 Å². The minimum Gasteiger partial charge on any atom is -0.444 e. The molecule has 0 spiro atoms. The maximum absolute atomic E-state index is 11.8. The Balaban J connectivity index is 1.55. The summed E-state index contributed by atoms with van der Waals surface area (Å²) in [5.41, 5.74) is 0.941. The second kappa shape index (κ2) is 7.84. The summed E-state index contributed by atoms with van der Waals surface area (Å²) in [6, 6.07) is 1.67. The van der Waals surface area contributed by atoms with Crippen LogP contribution in [0.4, 0.5) is 10.5 Å². The average molecular weight is 391 g/mol. The van der Waals surface area contributed by atoms with Crippen LogP contribution in [0.25, 0.3) is 5.57 Å². The van der Waals surface area contributed by atoms with E-state index in [1.807, 2.05) is 13.0 Å². The Morgan fingerprint density at radius 1 is 1.43 bits per heavy atom. The van der Waals surface area contributed by atoms with Crippen molar-refractivity contribution in [2.45, 2.75) is 64.8 Å². The number of nitrogens with zero attached hydrogens (tertiary/aromatic N) is 2. The summed E-state index contributed by atoms with van der Waals surface area (Å²) in [4.78, 5) is 26.4. The predicted octanol–water partition coefficient (Wildman–Crippen LogP) is 3.40. The van der Waals surface area contributed by atoms with Crippen molar-refractivity contribution in [3.8, 4) is 0 Å². The van der Waals surface area contributed by atoms with Gasteiger partial charge in [0.15, 0.2) is 6.23 Å². The highest BCUT2D eigenvalue weighted by Crippen LogP contribution is 2.37. The van der Waals surface area contributed by atoms with Crippen molar-refractivity contribution < 1.29 is 23.9 Å². The van der Waals surface area contributed by atoms with Crippen LogP contribution in [0.1, 0.15) is 46.1 Å². The van der Waals surface area contributed by atoms with Crippen molar-refractivity contribution >= 4 is 17.4 Å². The van der Waals surface area contributed by atoms with E-state index in [9.17, 15) is 14.9 Å². The highest BCUT2D eigenvalue weighted by molar-refractivity contribution is 5.73. The lowest BCUT2D eigenvalue weighted by Crippen LogP contribution is -2.36. The fourth-order valence-corrected chi connectivity index (χ4v) is 3.17. The number of hydrogen-bond acceptors (Lipinski definition) is 7. The average Bonchev–Trinajstić information content (AvgIpc) is 3.32. The second-order valence-electron chi connectivity index (χ2n) is 8.04. The first-order valence-corrected chi connectivity index (χ1v) is 9.22. The van der Waals surface area contributed by atoms with Crippen LogP contribution in [0.2, 0.25) is 0 Å². The number of carbonyl (C=O) groups is 1. The molecule has 28 heavy (non-hydrogen) atoms. The van der Waals surface area contributed by atoms with Crippen LogP contribution < -0.4 is 5.32 Å². The number of epoxide rings is 1. The molecule has 1 fully saturated rings. The van der Waals surface area contributed by atoms with E-state index in [2.05, 4.69) is 10.3 Å². The molecule has 1 aliphatic heterocycles. The molecule has 1 aromatic heterocycles. The van der Waals surface area contributed by atoms with Gasteiger partial charge in [-0.2, -0.15) is 0 Å². The third-order valence-electron chi connectivity index (χ3n) is 4.54. The molecule has 9 heteroatoms. The summed E-state index contributed by atoms with van der Waals surface area (Å²) in [6.45, 7) is 7.39. The number of hydrogen-bond donors (Lipinski definition) is 1. The van der Waals surface area contributed by atoms with Gasteiger partial charge in [0.2, 0.25) is 6.29 Å². The third-order valence-corrected chi connectivity index (χ3v) is 4.54. The number of amides is 1. The lowest BCUT2D eigenvalue weighted by molar-refractivity contribution is -0.385. The molecular formula is C19H25N3O6. The number of aromatic nitrogens is 1. The van der Waals surface area contributed by atoms with E-state index in [1.165, 1.54) is 6.20 Å². The lowest BCUT2D eigenvalue weighted by atomic mass is 9.84. The minimum absolute atomic E-state index is 0.00692. The number of carbonyl (C=O) groups excluding carboxylic acids is 1. The molecule has 9 nitrogen and oxygen atoms in total. The van der Waals surface area contributed by atoms with Gasteiger partial charge in [-0.3, -0.25) is 20.4 Å². The van der Waals surface area contributed by atoms with Crippen LogP contribution in [-0.2, 0) is 14.2 Å². The Morgan fingerprint density at radius 2 is 2.18 bits per heavy atom.